The second-order valence-corrected chi connectivity index (χ2v) is 5.39. The molecular weight excluding hydrogens is 271 g/mol. The Labute approximate surface area is 125 Å². The lowest BCUT2D eigenvalue weighted by Crippen LogP contribution is -2.36. The van der Waals surface area contributed by atoms with Crippen molar-refractivity contribution in [2.45, 2.75) is 25.6 Å². The molecule has 0 atom stereocenters. The van der Waals surface area contributed by atoms with Gasteiger partial charge in [0.05, 0.1) is 0 Å². The smallest absolute Gasteiger partial charge is 0.423 e. The van der Waals surface area contributed by atoms with E-state index in [1.165, 1.54) is 6.20 Å². The number of aromatic nitrogens is 1. The zero-order valence-corrected chi connectivity index (χ0v) is 12.6. The molecular formula is C14H23BN2O4. The van der Waals surface area contributed by atoms with Crippen LogP contribution in [0.4, 0.5) is 5.82 Å². The molecule has 1 aromatic heterocycles. The van der Waals surface area contributed by atoms with E-state index in [0.29, 0.717) is 11.4 Å². The van der Waals surface area contributed by atoms with E-state index < -0.39 is 7.12 Å². The summed E-state index contributed by atoms with van der Waals surface area (Å²) in [5, 5.41) is 18.1. The van der Waals surface area contributed by atoms with Gasteiger partial charge in [-0.15, -0.1) is 0 Å². The molecule has 0 unspecified atom stereocenters. The monoisotopic (exact) mass is 294 g/mol. The zero-order chi connectivity index (χ0) is 15.2. The first kappa shape index (κ1) is 16.2. The molecule has 2 N–H and O–H groups in total. The lowest BCUT2D eigenvalue weighted by Gasteiger charge is -2.33. The van der Waals surface area contributed by atoms with E-state index in [-0.39, 0.29) is 6.29 Å². The number of hydrogen-bond acceptors (Lipinski definition) is 6. The number of methoxy groups -OCH3 is 2. The van der Waals surface area contributed by atoms with Gasteiger partial charge in [-0.1, -0.05) is 6.07 Å². The van der Waals surface area contributed by atoms with Gasteiger partial charge in [0.25, 0.3) is 0 Å². The van der Waals surface area contributed by atoms with E-state index in [0.717, 1.165) is 38.2 Å². The highest BCUT2D eigenvalue weighted by Gasteiger charge is 2.23. The Hall–Kier alpha value is -1.15. The average molecular weight is 294 g/mol. The van der Waals surface area contributed by atoms with Crippen LogP contribution in [0, 0.1) is 5.92 Å². The maximum Gasteiger partial charge on any atom is 0.490 e. The Bertz CT molecular complexity index is 417. The molecule has 0 saturated carbocycles. The lowest BCUT2D eigenvalue weighted by molar-refractivity contribution is -0.115. The summed E-state index contributed by atoms with van der Waals surface area (Å²) in [5.41, 5.74) is 0.414. The predicted octanol–water partition coefficient (Wildman–Crippen LogP) is -0.0132. The number of nitrogens with zero attached hydrogens (tertiary/aromatic N) is 2. The van der Waals surface area contributed by atoms with Gasteiger partial charge in [-0.3, -0.25) is 0 Å². The topological polar surface area (TPSA) is 75.1 Å². The fourth-order valence-corrected chi connectivity index (χ4v) is 2.70. The van der Waals surface area contributed by atoms with E-state index in [9.17, 15) is 0 Å². The van der Waals surface area contributed by atoms with Crippen LogP contribution in [-0.2, 0) is 9.47 Å². The molecule has 21 heavy (non-hydrogen) atoms. The Morgan fingerprint density at radius 2 is 1.95 bits per heavy atom. The molecule has 6 nitrogen and oxygen atoms in total. The molecule has 116 valence electrons. The molecule has 0 aliphatic carbocycles. The van der Waals surface area contributed by atoms with Crippen LogP contribution in [0.2, 0.25) is 0 Å². The van der Waals surface area contributed by atoms with Gasteiger partial charge in [0.1, 0.15) is 5.82 Å². The Morgan fingerprint density at radius 1 is 1.29 bits per heavy atom. The molecule has 1 aliphatic heterocycles. The standard InChI is InChI=1S/C14H23BN2O4/c1-20-14(21-2)9-11-5-7-17(8-6-11)13-4-3-12(10-16-13)15(18)19/h3-4,10-11,14,18-19H,5-9H2,1-2H3. The van der Waals surface area contributed by atoms with Gasteiger partial charge in [-0.25, -0.2) is 4.98 Å². The van der Waals surface area contributed by atoms with Gasteiger partial charge in [0, 0.05) is 45.4 Å². The summed E-state index contributed by atoms with van der Waals surface area (Å²) in [6.45, 7) is 1.89. The van der Waals surface area contributed by atoms with Crippen molar-refractivity contribution in [1.29, 1.82) is 0 Å². The van der Waals surface area contributed by atoms with Crippen molar-refractivity contribution >= 4 is 18.4 Å². The molecule has 1 aromatic rings. The average Bonchev–Trinajstić information content (AvgIpc) is 2.53. The van der Waals surface area contributed by atoms with Crippen LogP contribution < -0.4 is 10.4 Å². The van der Waals surface area contributed by atoms with Gasteiger partial charge in [-0.05, 0) is 24.8 Å². The van der Waals surface area contributed by atoms with Crippen LogP contribution in [0.25, 0.3) is 0 Å². The fourth-order valence-electron chi connectivity index (χ4n) is 2.70. The molecule has 0 amide bonds. The van der Waals surface area contributed by atoms with Crippen molar-refractivity contribution in [2.24, 2.45) is 5.92 Å². The second kappa shape index (κ2) is 7.75. The minimum absolute atomic E-state index is 0.120. The number of pyridine rings is 1. The number of hydrogen-bond donors (Lipinski definition) is 2. The second-order valence-electron chi connectivity index (χ2n) is 5.39. The summed E-state index contributed by atoms with van der Waals surface area (Å²) >= 11 is 0. The summed E-state index contributed by atoms with van der Waals surface area (Å²) < 4.78 is 10.5. The first-order valence-electron chi connectivity index (χ1n) is 7.26. The molecule has 0 spiro atoms. The molecule has 0 radical (unpaired) electrons. The van der Waals surface area contributed by atoms with E-state index in [2.05, 4.69) is 9.88 Å². The predicted molar refractivity (Wildman–Crippen MR) is 81.4 cm³/mol. The third-order valence-electron chi connectivity index (χ3n) is 4.06. The summed E-state index contributed by atoms with van der Waals surface area (Å²) in [4.78, 5) is 6.52. The highest BCUT2D eigenvalue weighted by atomic mass is 16.7. The Morgan fingerprint density at radius 3 is 2.43 bits per heavy atom. The van der Waals surface area contributed by atoms with Gasteiger partial charge in [0.2, 0.25) is 0 Å². The van der Waals surface area contributed by atoms with E-state index >= 15 is 0 Å². The first-order chi connectivity index (χ1) is 10.1. The summed E-state index contributed by atoms with van der Waals surface area (Å²) in [6, 6.07) is 3.53. The van der Waals surface area contributed by atoms with Gasteiger partial charge < -0.3 is 24.4 Å². The van der Waals surface area contributed by atoms with Crippen molar-refractivity contribution in [1.82, 2.24) is 4.98 Å². The van der Waals surface area contributed by atoms with Crippen molar-refractivity contribution < 1.29 is 19.5 Å². The van der Waals surface area contributed by atoms with Crippen LogP contribution in [0.1, 0.15) is 19.3 Å². The minimum atomic E-state index is -1.46. The molecule has 1 fully saturated rings. The van der Waals surface area contributed by atoms with Crippen molar-refractivity contribution in [2.75, 3.05) is 32.2 Å². The summed E-state index contributed by atoms with van der Waals surface area (Å²) in [5.74, 6) is 1.48. The number of piperidine rings is 1. The van der Waals surface area contributed by atoms with Crippen LogP contribution >= 0.6 is 0 Å². The molecule has 2 heterocycles. The third-order valence-corrected chi connectivity index (χ3v) is 4.06. The van der Waals surface area contributed by atoms with Gasteiger partial charge >= 0.3 is 7.12 Å². The van der Waals surface area contributed by atoms with Crippen molar-refractivity contribution in [3.8, 4) is 0 Å². The van der Waals surface area contributed by atoms with Crippen LogP contribution in [-0.4, -0.2) is 55.7 Å². The van der Waals surface area contributed by atoms with Gasteiger partial charge in [-0.2, -0.15) is 0 Å². The molecule has 0 aromatic carbocycles. The molecule has 1 saturated heterocycles. The highest BCUT2D eigenvalue weighted by Crippen LogP contribution is 2.25. The van der Waals surface area contributed by atoms with Crippen LogP contribution in [0.15, 0.2) is 18.3 Å². The van der Waals surface area contributed by atoms with E-state index in [1.54, 1.807) is 20.3 Å². The molecule has 1 aliphatic rings. The zero-order valence-electron chi connectivity index (χ0n) is 12.6. The molecule has 7 heteroatoms. The molecule has 0 bridgehead atoms. The SMILES string of the molecule is COC(CC1CCN(c2ccc(B(O)O)cn2)CC1)OC. The van der Waals surface area contributed by atoms with Crippen LogP contribution in [0.3, 0.4) is 0 Å². The highest BCUT2D eigenvalue weighted by molar-refractivity contribution is 6.58. The summed E-state index contributed by atoms with van der Waals surface area (Å²) in [7, 11) is 1.88. The molecule has 2 rings (SSSR count). The number of ether oxygens (including phenoxy) is 2. The maximum absolute atomic E-state index is 9.07. The lowest BCUT2D eigenvalue weighted by atomic mass is 9.82. The Kier molecular flexibility index (Phi) is 5.99. The van der Waals surface area contributed by atoms with E-state index in [1.807, 2.05) is 6.07 Å². The minimum Gasteiger partial charge on any atom is -0.423 e. The quantitative estimate of drug-likeness (QED) is 0.568. The number of anilines is 1. The van der Waals surface area contributed by atoms with Crippen molar-refractivity contribution in [3.05, 3.63) is 18.3 Å². The first-order valence-corrected chi connectivity index (χ1v) is 7.26. The summed E-state index contributed by atoms with van der Waals surface area (Å²) in [6.07, 6.45) is 4.47. The maximum atomic E-state index is 9.07. The normalized spacial score (nSPS) is 16.5. The largest absolute Gasteiger partial charge is 0.490 e. The van der Waals surface area contributed by atoms with Crippen LogP contribution in [0.5, 0.6) is 0 Å². The third kappa shape index (κ3) is 4.41. The van der Waals surface area contributed by atoms with Gasteiger partial charge in [0.15, 0.2) is 6.29 Å². The van der Waals surface area contributed by atoms with E-state index in [4.69, 9.17) is 19.5 Å². The van der Waals surface area contributed by atoms with Crippen molar-refractivity contribution in [3.63, 3.8) is 0 Å². The number of rotatable bonds is 6. The fraction of sp³-hybridized carbons (Fsp3) is 0.643. The Balaban J connectivity index is 1.86.